The topological polar surface area (TPSA) is 139 Å². The molecule has 0 fully saturated rings. The van der Waals surface area contributed by atoms with E-state index in [4.69, 9.17) is 16.9 Å². The van der Waals surface area contributed by atoms with Crippen LogP contribution in [0.4, 0.5) is 16.8 Å². The summed E-state index contributed by atoms with van der Waals surface area (Å²) in [6.45, 7) is 2.87. The molecule has 1 atom stereocenters. The molecule has 2 aromatic rings. The van der Waals surface area contributed by atoms with Crippen molar-refractivity contribution in [3.63, 3.8) is 0 Å². The Bertz CT molecular complexity index is 595. The average molecular weight is 344 g/mol. The van der Waals surface area contributed by atoms with Crippen molar-refractivity contribution >= 4 is 57.6 Å². The Labute approximate surface area is 134 Å². The third-order valence-corrected chi connectivity index (χ3v) is 4.93. The number of hydrogen-bond acceptors (Lipinski definition) is 9. The average Bonchev–Trinajstić information content (AvgIpc) is 3.02. The second kappa shape index (κ2) is 7.43. The summed E-state index contributed by atoms with van der Waals surface area (Å²) in [5.74, 6) is 1.78. The van der Waals surface area contributed by atoms with E-state index in [1.165, 1.54) is 11.3 Å². The van der Waals surface area contributed by atoms with E-state index < -0.39 is 0 Å². The largest absolute Gasteiger partial charge is 0.380 e. The van der Waals surface area contributed by atoms with Gasteiger partial charge in [0.2, 0.25) is 0 Å². The van der Waals surface area contributed by atoms with Crippen LogP contribution in [0.1, 0.15) is 12.6 Å². The first-order valence-electron chi connectivity index (χ1n) is 6.03. The summed E-state index contributed by atoms with van der Waals surface area (Å²) in [7, 11) is 0. The van der Waals surface area contributed by atoms with Crippen LogP contribution in [-0.4, -0.2) is 31.5 Å². The highest BCUT2D eigenvalue weighted by Crippen LogP contribution is 2.22. The van der Waals surface area contributed by atoms with Gasteiger partial charge in [0.25, 0.3) is 0 Å². The maximum Gasteiger partial charge on any atom is 0.192 e. The summed E-state index contributed by atoms with van der Waals surface area (Å²) in [5.41, 5.74) is 11.9. The molecule has 0 spiro atoms. The molecule has 2 rings (SSSR count). The number of thioether (sulfide) groups is 1. The molecule has 2 heterocycles. The number of nitrogens with one attached hydrogen (secondary N) is 3. The number of rotatable bonds is 7. The first kappa shape index (κ1) is 15.8. The van der Waals surface area contributed by atoms with Crippen molar-refractivity contribution < 1.29 is 0 Å². The van der Waals surface area contributed by atoms with Crippen LogP contribution in [-0.2, 0) is 5.75 Å². The SMILES string of the molecule is CC(CNc1nsnc1N)SCc1csc(NC(=N)N)n1. The number of anilines is 3. The third kappa shape index (κ3) is 5.02. The molecule has 21 heavy (non-hydrogen) atoms. The van der Waals surface area contributed by atoms with Gasteiger partial charge in [-0.2, -0.15) is 20.5 Å². The number of guanidine groups is 1. The zero-order valence-corrected chi connectivity index (χ0v) is 13.7. The molecule has 1 unspecified atom stereocenters. The van der Waals surface area contributed by atoms with Gasteiger partial charge in [-0.25, -0.2) is 4.98 Å². The maximum atomic E-state index is 7.15. The lowest BCUT2D eigenvalue weighted by molar-refractivity contribution is 0.991. The van der Waals surface area contributed by atoms with Crippen molar-refractivity contribution in [3.8, 4) is 0 Å². The Morgan fingerprint density at radius 1 is 1.52 bits per heavy atom. The number of thiazole rings is 1. The van der Waals surface area contributed by atoms with Crippen LogP contribution in [0.15, 0.2) is 5.38 Å². The number of nitrogens with zero attached hydrogens (tertiary/aromatic N) is 3. The van der Waals surface area contributed by atoms with E-state index in [2.05, 4.69) is 31.3 Å². The van der Waals surface area contributed by atoms with Crippen molar-refractivity contribution in [1.29, 1.82) is 5.41 Å². The fraction of sp³-hybridized carbons (Fsp3) is 0.400. The monoisotopic (exact) mass is 344 g/mol. The van der Waals surface area contributed by atoms with Gasteiger partial charge in [-0.15, -0.1) is 11.3 Å². The second-order valence-corrected chi connectivity index (χ2v) is 7.00. The Hall–Kier alpha value is -1.59. The molecule has 114 valence electrons. The minimum Gasteiger partial charge on any atom is -0.380 e. The molecule has 11 heteroatoms. The van der Waals surface area contributed by atoms with Gasteiger partial charge in [0.05, 0.1) is 17.4 Å². The summed E-state index contributed by atoms with van der Waals surface area (Å²) >= 11 is 4.31. The smallest absolute Gasteiger partial charge is 0.192 e. The summed E-state index contributed by atoms with van der Waals surface area (Å²) < 4.78 is 7.98. The maximum absolute atomic E-state index is 7.15. The number of nitrogen functional groups attached to an aromatic ring is 1. The van der Waals surface area contributed by atoms with Gasteiger partial charge >= 0.3 is 0 Å². The molecule has 0 aromatic carbocycles. The van der Waals surface area contributed by atoms with E-state index in [0.29, 0.717) is 22.0 Å². The fourth-order valence-electron chi connectivity index (χ4n) is 1.39. The van der Waals surface area contributed by atoms with Gasteiger partial charge in [0, 0.05) is 22.9 Å². The molecular weight excluding hydrogens is 328 g/mol. The van der Waals surface area contributed by atoms with Gasteiger partial charge in [0.15, 0.2) is 22.7 Å². The van der Waals surface area contributed by atoms with Gasteiger partial charge in [-0.05, 0) is 0 Å². The molecular formula is C10H16N8S3. The van der Waals surface area contributed by atoms with Gasteiger partial charge in [-0.1, -0.05) is 6.92 Å². The lowest BCUT2D eigenvalue weighted by atomic mass is 10.4. The number of aromatic nitrogens is 3. The van der Waals surface area contributed by atoms with Crippen molar-refractivity contribution in [1.82, 2.24) is 13.7 Å². The van der Waals surface area contributed by atoms with Crippen molar-refractivity contribution in [3.05, 3.63) is 11.1 Å². The van der Waals surface area contributed by atoms with Crippen LogP contribution in [0, 0.1) is 5.41 Å². The van der Waals surface area contributed by atoms with Crippen molar-refractivity contribution in [2.45, 2.75) is 17.9 Å². The molecule has 0 radical (unpaired) electrons. The molecule has 0 aliphatic heterocycles. The van der Waals surface area contributed by atoms with Gasteiger partial charge in [-0.3, -0.25) is 5.41 Å². The molecule has 0 amide bonds. The molecule has 0 aliphatic carbocycles. The normalized spacial score (nSPS) is 12.0. The molecule has 8 nitrogen and oxygen atoms in total. The predicted molar refractivity (Wildman–Crippen MR) is 91.2 cm³/mol. The third-order valence-electron chi connectivity index (χ3n) is 2.38. The fourth-order valence-corrected chi connectivity index (χ4v) is 3.48. The van der Waals surface area contributed by atoms with E-state index in [1.807, 2.05) is 5.38 Å². The Balaban J connectivity index is 1.73. The minimum atomic E-state index is -0.101. The summed E-state index contributed by atoms with van der Waals surface area (Å²) in [6, 6.07) is 0. The zero-order valence-electron chi connectivity index (χ0n) is 11.3. The first-order valence-corrected chi connectivity index (χ1v) is 8.69. The van der Waals surface area contributed by atoms with Crippen molar-refractivity contribution in [2.24, 2.45) is 5.73 Å². The van der Waals surface area contributed by atoms with Crippen LogP contribution < -0.4 is 22.1 Å². The van der Waals surface area contributed by atoms with Crippen LogP contribution in [0.2, 0.25) is 0 Å². The second-order valence-electron chi connectivity index (χ2n) is 4.18. The number of nitrogens with two attached hydrogens (primary N) is 2. The Kier molecular flexibility index (Phi) is 5.59. The highest BCUT2D eigenvalue weighted by molar-refractivity contribution is 7.99. The molecule has 0 saturated heterocycles. The summed E-state index contributed by atoms with van der Waals surface area (Å²) in [6.07, 6.45) is 0. The quantitative estimate of drug-likeness (QED) is 0.377. The predicted octanol–water partition coefficient (Wildman–Crippen LogP) is 1.62. The van der Waals surface area contributed by atoms with Crippen molar-refractivity contribution in [2.75, 3.05) is 22.9 Å². The van der Waals surface area contributed by atoms with Crippen LogP contribution >= 0.6 is 34.8 Å². The van der Waals surface area contributed by atoms with E-state index in [9.17, 15) is 0 Å². The highest BCUT2D eigenvalue weighted by atomic mass is 32.2. The Morgan fingerprint density at radius 2 is 2.33 bits per heavy atom. The molecule has 0 aliphatic rings. The lowest BCUT2D eigenvalue weighted by Crippen LogP contribution is -2.20. The van der Waals surface area contributed by atoms with E-state index in [1.54, 1.807) is 11.8 Å². The summed E-state index contributed by atoms with van der Waals surface area (Å²) in [5, 5.41) is 16.0. The van der Waals surface area contributed by atoms with Gasteiger partial charge < -0.3 is 22.1 Å². The highest BCUT2D eigenvalue weighted by Gasteiger charge is 2.09. The zero-order chi connectivity index (χ0) is 15.2. The van der Waals surface area contributed by atoms with Crippen LogP contribution in [0.3, 0.4) is 0 Å². The number of hydrogen-bond donors (Lipinski definition) is 5. The van der Waals surface area contributed by atoms with Crippen LogP contribution in [0.5, 0.6) is 0 Å². The van der Waals surface area contributed by atoms with E-state index in [-0.39, 0.29) is 5.96 Å². The van der Waals surface area contributed by atoms with Crippen LogP contribution in [0.25, 0.3) is 0 Å². The molecule has 0 saturated carbocycles. The van der Waals surface area contributed by atoms with E-state index >= 15 is 0 Å². The first-order chi connectivity index (χ1) is 10.0. The lowest BCUT2D eigenvalue weighted by Gasteiger charge is -2.11. The van der Waals surface area contributed by atoms with Gasteiger partial charge in [0.1, 0.15) is 0 Å². The molecule has 0 bridgehead atoms. The standard InChI is InChI=1S/C10H16N8S3/c1-5(2-14-8-7(11)17-21-18-8)19-3-6-4-20-10(15-6)16-9(12)13/h4-5H,2-3H2,1H3,(H2,11,17)(H,14,18)(H4,12,13,15,16). The molecule has 7 N–H and O–H groups in total. The minimum absolute atomic E-state index is 0.101. The van der Waals surface area contributed by atoms with E-state index in [0.717, 1.165) is 29.7 Å². The summed E-state index contributed by atoms with van der Waals surface area (Å²) in [4.78, 5) is 4.35. The molecule has 2 aromatic heterocycles. The Morgan fingerprint density at radius 3 is 3.00 bits per heavy atom.